The minimum Gasteiger partial charge on any atom is -0.317 e. The maximum absolute atomic E-state index is 6.37. The fraction of sp³-hybridized carbons (Fsp3) is 0.375. The van der Waals surface area contributed by atoms with Gasteiger partial charge in [-0.05, 0) is 39.3 Å². The minimum absolute atomic E-state index is 0.131. The van der Waals surface area contributed by atoms with E-state index in [2.05, 4.69) is 48.5 Å². The number of nitrogens with zero attached hydrogens (tertiary/aromatic N) is 3. The number of benzene rings is 1. The van der Waals surface area contributed by atoms with Crippen LogP contribution in [0.3, 0.4) is 0 Å². The summed E-state index contributed by atoms with van der Waals surface area (Å²) in [5.41, 5.74) is 3.32. The SMILES string of the molecule is Cc1cnc(C(C)n2c(C(C)Cl)nc3c(C)cccc32)s1. The number of halogens is 1. The molecule has 5 heteroatoms. The number of imidazole rings is 1. The molecule has 0 saturated carbocycles. The molecule has 2 heterocycles. The Labute approximate surface area is 133 Å². The first-order chi connectivity index (χ1) is 9.99. The zero-order valence-corrected chi connectivity index (χ0v) is 14.2. The molecule has 0 N–H and O–H groups in total. The van der Waals surface area contributed by atoms with Gasteiger partial charge in [-0.25, -0.2) is 9.97 Å². The van der Waals surface area contributed by atoms with Crippen molar-refractivity contribution >= 4 is 34.0 Å². The molecule has 1 aromatic carbocycles. The van der Waals surface area contributed by atoms with E-state index in [1.165, 1.54) is 10.4 Å². The zero-order valence-electron chi connectivity index (χ0n) is 12.6. The van der Waals surface area contributed by atoms with Crippen molar-refractivity contribution < 1.29 is 0 Å². The van der Waals surface area contributed by atoms with Crippen molar-refractivity contribution in [1.82, 2.24) is 14.5 Å². The van der Waals surface area contributed by atoms with Gasteiger partial charge in [0, 0.05) is 11.1 Å². The molecule has 0 bridgehead atoms. The Morgan fingerprint density at radius 1 is 1.24 bits per heavy atom. The van der Waals surface area contributed by atoms with Gasteiger partial charge in [-0.15, -0.1) is 22.9 Å². The van der Waals surface area contributed by atoms with Crippen molar-refractivity contribution in [3.05, 3.63) is 45.7 Å². The Balaban J connectivity index is 2.24. The summed E-state index contributed by atoms with van der Waals surface area (Å²) in [5, 5.41) is 0.951. The molecule has 0 aliphatic carbocycles. The van der Waals surface area contributed by atoms with Crippen molar-refractivity contribution in [2.45, 2.75) is 39.1 Å². The van der Waals surface area contributed by atoms with E-state index in [-0.39, 0.29) is 11.4 Å². The highest BCUT2D eigenvalue weighted by Crippen LogP contribution is 2.33. The summed E-state index contributed by atoms with van der Waals surface area (Å²) in [6.45, 7) is 8.29. The molecule has 0 amide bonds. The standard InChI is InChI=1S/C16H18ClN3S/c1-9-6-5-7-13-14(9)19-15(11(3)17)20(13)12(4)16-18-8-10(2)21-16/h5-8,11-12H,1-4H3. The minimum atomic E-state index is -0.139. The third kappa shape index (κ3) is 2.47. The molecule has 0 aliphatic rings. The number of hydrogen-bond donors (Lipinski definition) is 0. The van der Waals surface area contributed by atoms with Gasteiger partial charge in [0.15, 0.2) is 0 Å². The smallest absolute Gasteiger partial charge is 0.128 e. The number of rotatable bonds is 3. The van der Waals surface area contributed by atoms with Crippen LogP contribution in [0.2, 0.25) is 0 Å². The summed E-state index contributed by atoms with van der Waals surface area (Å²) in [6, 6.07) is 6.39. The van der Waals surface area contributed by atoms with Gasteiger partial charge in [0.05, 0.1) is 22.5 Å². The molecular formula is C16H18ClN3S. The van der Waals surface area contributed by atoms with Crippen LogP contribution in [-0.4, -0.2) is 14.5 Å². The van der Waals surface area contributed by atoms with Crippen molar-refractivity contribution in [2.75, 3.05) is 0 Å². The summed E-state index contributed by atoms with van der Waals surface area (Å²) < 4.78 is 2.22. The Bertz CT molecular complexity index is 788. The van der Waals surface area contributed by atoms with E-state index in [9.17, 15) is 0 Å². The fourth-order valence-corrected chi connectivity index (χ4v) is 3.61. The number of aromatic nitrogens is 3. The summed E-state index contributed by atoms with van der Waals surface area (Å²) in [5.74, 6) is 0.904. The number of thiazole rings is 1. The van der Waals surface area contributed by atoms with E-state index in [1.807, 2.05) is 13.1 Å². The van der Waals surface area contributed by atoms with Crippen LogP contribution in [-0.2, 0) is 0 Å². The highest BCUT2D eigenvalue weighted by atomic mass is 35.5. The molecule has 0 spiro atoms. The zero-order chi connectivity index (χ0) is 15.1. The first-order valence-electron chi connectivity index (χ1n) is 7.03. The van der Waals surface area contributed by atoms with Crippen LogP contribution in [0.5, 0.6) is 0 Å². The molecule has 0 fully saturated rings. The fourth-order valence-electron chi connectivity index (χ4n) is 2.64. The van der Waals surface area contributed by atoms with Gasteiger partial charge in [0.25, 0.3) is 0 Å². The van der Waals surface area contributed by atoms with Crippen molar-refractivity contribution in [3.63, 3.8) is 0 Å². The molecule has 2 atom stereocenters. The highest BCUT2D eigenvalue weighted by Gasteiger charge is 2.22. The Kier molecular flexibility index (Phi) is 3.76. The summed E-state index contributed by atoms with van der Waals surface area (Å²) in [7, 11) is 0. The number of hydrogen-bond acceptors (Lipinski definition) is 3. The second kappa shape index (κ2) is 5.43. The molecule has 0 radical (unpaired) electrons. The van der Waals surface area contributed by atoms with E-state index in [0.29, 0.717) is 0 Å². The predicted octanol–water partition coefficient (Wildman–Crippen LogP) is 5.02. The second-order valence-electron chi connectivity index (χ2n) is 5.38. The van der Waals surface area contributed by atoms with E-state index >= 15 is 0 Å². The lowest BCUT2D eigenvalue weighted by molar-refractivity contribution is 0.615. The monoisotopic (exact) mass is 319 g/mol. The summed E-state index contributed by atoms with van der Waals surface area (Å²) in [4.78, 5) is 10.5. The first kappa shape index (κ1) is 14.5. The van der Waals surface area contributed by atoms with Gasteiger partial charge in [0.2, 0.25) is 0 Å². The lowest BCUT2D eigenvalue weighted by Gasteiger charge is -2.16. The molecule has 21 heavy (non-hydrogen) atoms. The van der Waals surface area contributed by atoms with E-state index in [4.69, 9.17) is 16.6 Å². The normalized spacial score (nSPS) is 14.5. The van der Waals surface area contributed by atoms with Crippen molar-refractivity contribution in [2.24, 2.45) is 0 Å². The van der Waals surface area contributed by atoms with E-state index < -0.39 is 0 Å². The second-order valence-corrected chi connectivity index (χ2v) is 7.30. The van der Waals surface area contributed by atoms with Gasteiger partial charge in [-0.3, -0.25) is 0 Å². The topological polar surface area (TPSA) is 30.7 Å². The van der Waals surface area contributed by atoms with Crippen LogP contribution >= 0.6 is 22.9 Å². The Morgan fingerprint density at radius 3 is 2.62 bits per heavy atom. The van der Waals surface area contributed by atoms with Crippen LogP contribution in [0, 0.1) is 13.8 Å². The molecule has 0 saturated heterocycles. The predicted molar refractivity (Wildman–Crippen MR) is 89.4 cm³/mol. The lowest BCUT2D eigenvalue weighted by Crippen LogP contribution is -2.11. The molecule has 2 unspecified atom stereocenters. The molecule has 3 aromatic rings. The van der Waals surface area contributed by atoms with E-state index in [1.54, 1.807) is 11.3 Å². The highest BCUT2D eigenvalue weighted by molar-refractivity contribution is 7.11. The van der Waals surface area contributed by atoms with Crippen LogP contribution in [0.15, 0.2) is 24.4 Å². The number of para-hydroxylation sites is 1. The molecule has 110 valence electrons. The number of aryl methyl sites for hydroxylation is 2. The third-order valence-electron chi connectivity index (χ3n) is 3.69. The maximum atomic E-state index is 6.37. The van der Waals surface area contributed by atoms with Gasteiger partial charge in [0.1, 0.15) is 10.8 Å². The molecular weight excluding hydrogens is 302 g/mol. The van der Waals surface area contributed by atoms with Crippen molar-refractivity contribution in [1.29, 1.82) is 0 Å². The average Bonchev–Trinajstić information content (AvgIpc) is 3.02. The molecule has 2 aromatic heterocycles. The number of alkyl halides is 1. The summed E-state index contributed by atoms with van der Waals surface area (Å²) >= 11 is 8.09. The van der Waals surface area contributed by atoms with Crippen LogP contribution in [0.4, 0.5) is 0 Å². The first-order valence-corrected chi connectivity index (χ1v) is 8.28. The number of fused-ring (bicyclic) bond motifs is 1. The van der Waals surface area contributed by atoms with Crippen LogP contribution < -0.4 is 0 Å². The van der Waals surface area contributed by atoms with Gasteiger partial charge in [-0.2, -0.15) is 0 Å². The molecule has 0 aliphatic heterocycles. The summed E-state index contributed by atoms with van der Waals surface area (Å²) in [6.07, 6.45) is 1.92. The lowest BCUT2D eigenvalue weighted by atomic mass is 10.2. The Morgan fingerprint density at radius 2 is 2.00 bits per heavy atom. The quantitative estimate of drug-likeness (QED) is 0.635. The Hall–Kier alpha value is -1.39. The largest absolute Gasteiger partial charge is 0.317 e. The van der Waals surface area contributed by atoms with E-state index in [0.717, 1.165) is 21.9 Å². The van der Waals surface area contributed by atoms with Gasteiger partial charge >= 0.3 is 0 Å². The van der Waals surface area contributed by atoms with Crippen molar-refractivity contribution in [3.8, 4) is 0 Å². The molecule has 3 nitrogen and oxygen atoms in total. The third-order valence-corrected chi connectivity index (χ3v) is 4.97. The molecule has 3 rings (SSSR count). The average molecular weight is 320 g/mol. The van der Waals surface area contributed by atoms with Gasteiger partial charge < -0.3 is 4.57 Å². The maximum Gasteiger partial charge on any atom is 0.128 e. The van der Waals surface area contributed by atoms with Crippen LogP contribution in [0.1, 0.15) is 46.5 Å². The van der Waals surface area contributed by atoms with Gasteiger partial charge in [-0.1, -0.05) is 12.1 Å². The van der Waals surface area contributed by atoms with Crippen LogP contribution in [0.25, 0.3) is 11.0 Å².